The van der Waals surface area contributed by atoms with E-state index >= 15 is 0 Å². The number of aromatic nitrogens is 1. The van der Waals surface area contributed by atoms with Crippen LogP contribution in [0.25, 0.3) is 0 Å². The highest BCUT2D eigenvalue weighted by Gasteiger charge is 2.10. The van der Waals surface area contributed by atoms with Gasteiger partial charge in [-0.1, -0.05) is 0 Å². The molecular weight excluding hydrogens is 270 g/mol. The van der Waals surface area contributed by atoms with E-state index in [-0.39, 0.29) is 5.69 Å². The van der Waals surface area contributed by atoms with Crippen molar-refractivity contribution in [3.05, 3.63) is 57.9 Å². The molecule has 0 aliphatic heterocycles. The molecule has 0 aliphatic rings. The molecule has 2 rings (SSSR count). The van der Waals surface area contributed by atoms with Crippen LogP contribution in [0.3, 0.4) is 0 Å². The topological polar surface area (TPSA) is 77.3 Å². The lowest BCUT2D eigenvalue weighted by atomic mass is 10.2. The summed E-state index contributed by atoms with van der Waals surface area (Å²) in [6, 6.07) is 8.52. The van der Waals surface area contributed by atoms with Gasteiger partial charge in [-0.05, 0) is 38.1 Å². The minimum Gasteiger partial charge on any atom is -0.487 e. The number of aryl methyl sites for hydroxylation is 1. The van der Waals surface area contributed by atoms with Crippen LogP contribution in [0.2, 0.25) is 0 Å². The van der Waals surface area contributed by atoms with Crippen molar-refractivity contribution in [1.29, 1.82) is 0 Å². The average Bonchev–Trinajstić information content (AvgIpc) is 2.45. The third-order valence-electron chi connectivity index (χ3n) is 2.95. The minimum absolute atomic E-state index is 0.0922. The van der Waals surface area contributed by atoms with Crippen LogP contribution in [0.15, 0.2) is 36.5 Å². The number of anilines is 1. The van der Waals surface area contributed by atoms with Crippen molar-refractivity contribution >= 4 is 11.4 Å². The second-order valence-electron chi connectivity index (χ2n) is 4.56. The third kappa shape index (κ3) is 3.92. The molecule has 1 aromatic heterocycles. The second-order valence-corrected chi connectivity index (χ2v) is 4.56. The molecule has 0 aliphatic carbocycles. The zero-order valence-corrected chi connectivity index (χ0v) is 12.0. The van der Waals surface area contributed by atoms with Crippen molar-refractivity contribution < 1.29 is 9.66 Å². The summed E-state index contributed by atoms with van der Waals surface area (Å²) in [5, 5.41) is 14.0. The summed E-state index contributed by atoms with van der Waals surface area (Å²) in [6.07, 6.45) is 1.72. The van der Waals surface area contributed by atoms with Gasteiger partial charge in [0.15, 0.2) is 0 Å². The lowest BCUT2D eigenvalue weighted by molar-refractivity contribution is -0.385. The maximum absolute atomic E-state index is 10.8. The van der Waals surface area contributed by atoms with E-state index in [0.717, 1.165) is 17.9 Å². The molecule has 0 bridgehead atoms. The van der Waals surface area contributed by atoms with Crippen molar-refractivity contribution in [1.82, 2.24) is 4.98 Å². The summed E-state index contributed by atoms with van der Waals surface area (Å²) >= 11 is 0. The lowest BCUT2D eigenvalue weighted by Gasteiger charge is -2.08. The fourth-order valence-electron chi connectivity index (χ4n) is 1.95. The zero-order chi connectivity index (χ0) is 15.2. The number of rotatable bonds is 6. The van der Waals surface area contributed by atoms with Gasteiger partial charge < -0.3 is 10.1 Å². The molecule has 0 spiro atoms. The summed E-state index contributed by atoms with van der Waals surface area (Å²) in [6.45, 7) is 4.87. The first kappa shape index (κ1) is 14.8. The molecule has 0 atom stereocenters. The molecular formula is C15H17N3O3. The molecule has 0 amide bonds. The fraction of sp³-hybridized carbons (Fsp3) is 0.267. The normalized spacial score (nSPS) is 10.2. The van der Waals surface area contributed by atoms with Crippen molar-refractivity contribution in [2.24, 2.45) is 0 Å². The molecule has 0 fully saturated rings. The van der Waals surface area contributed by atoms with E-state index in [9.17, 15) is 10.1 Å². The molecule has 0 saturated carbocycles. The molecule has 2 aromatic rings. The average molecular weight is 287 g/mol. The maximum atomic E-state index is 10.8. The van der Waals surface area contributed by atoms with Crippen LogP contribution < -0.4 is 10.1 Å². The Morgan fingerprint density at radius 3 is 2.81 bits per heavy atom. The Bertz CT molecular complexity index is 644. The molecule has 110 valence electrons. The van der Waals surface area contributed by atoms with Crippen LogP contribution in [0.1, 0.15) is 18.2 Å². The molecule has 21 heavy (non-hydrogen) atoms. The maximum Gasteiger partial charge on any atom is 0.272 e. The molecule has 0 unspecified atom stereocenters. The number of nitro groups is 1. The van der Waals surface area contributed by atoms with Gasteiger partial charge in [0.2, 0.25) is 0 Å². The first-order valence-corrected chi connectivity index (χ1v) is 6.66. The number of nitrogens with one attached hydrogen (secondary N) is 1. The Morgan fingerprint density at radius 1 is 1.33 bits per heavy atom. The summed E-state index contributed by atoms with van der Waals surface area (Å²) in [5.74, 6) is 0.591. The summed E-state index contributed by atoms with van der Waals surface area (Å²) in [7, 11) is 0. The van der Waals surface area contributed by atoms with Crippen LogP contribution in [0.5, 0.6) is 5.75 Å². The lowest BCUT2D eigenvalue weighted by Crippen LogP contribution is -2.02. The van der Waals surface area contributed by atoms with Crippen molar-refractivity contribution in [2.45, 2.75) is 20.5 Å². The monoisotopic (exact) mass is 287 g/mol. The van der Waals surface area contributed by atoms with Gasteiger partial charge in [0.05, 0.1) is 10.6 Å². The number of nitrogens with zero attached hydrogens (tertiary/aromatic N) is 2. The third-order valence-corrected chi connectivity index (χ3v) is 2.95. The molecule has 6 heteroatoms. The number of hydrogen-bond acceptors (Lipinski definition) is 5. The standard InChI is InChI=1S/C15H17N3O3/c1-3-16-12-6-7-17-13(9-12)10-21-14-4-5-15(18(19)20)11(2)8-14/h4-9H,3,10H2,1-2H3,(H,16,17). The molecule has 1 aromatic carbocycles. The predicted octanol–water partition coefficient (Wildman–Crippen LogP) is 3.31. The number of benzene rings is 1. The van der Waals surface area contributed by atoms with Crippen LogP contribution in [-0.4, -0.2) is 16.5 Å². The smallest absolute Gasteiger partial charge is 0.272 e. The van der Waals surface area contributed by atoms with E-state index in [1.54, 1.807) is 25.3 Å². The highest BCUT2D eigenvalue weighted by atomic mass is 16.6. The van der Waals surface area contributed by atoms with Gasteiger partial charge in [0.1, 0.15) is 12.4 Å². The Morgan fingerprint density at radius 2 is 2.14 bits per heavy atom. The van der Waals surface area contributed by atoms with Crippen molar-refractivity contribution in [2.75, 3.05) is 11.9 Å². The van der Waals surface area contributed by atoms with Crippen molar-refractivity contribution in [3.63, 3.8) is 0 Å². The van der Waals surface area contributed by atoms with E-state index in [2.05, 4.69) is 10.3 Å². The van der Waals surface area contributed by atoms with E-state index in [1.807, 2.05) is 19.1 Å². The number of hydrogen-bond donors (Lipinski definition) is 1. The van der Waals surface area contributed by atoms with Gasteiger partial charge in [0.25, 0.3) is 5.69 Å². The Hall–Kier alpha value is -2.63. The second kappa shape index (κ2) is 6.69. The predicted molar refractivity (Wildman–Crippen MR) is 80.6 cm³/mol. The van der Waals surface area contributed by atoms with Gasteiger partial charge in [-0.3, -0.25) is 15.1 Å². The summed E-state index contributed by atoms with van der Waals surface area (Å²) in [5.41, 5.74) is 2.46. The van der Waals surface area contributed by atoms with Gasteiger partial charge in [-0.2, -0.15) is 0 Å². The number of ether oxygens (including phenoxy) is 1. The van der Waals surface area contributed by atoms with Gasteiger partial charge in [0, 0.05) is 30.1 Å². The highest BCUT2D eigenvalue weighted by Crippen LogP contribution is 2.23. The SMILES string of the molecule is CCNc1ccnc(COc2ccc([N+](=O)[O-])c(C)c2)c1. The number of pyridine rings is 1. The molecule has 6 nitrogen and oxygen atoms in total. The highest BCUT2D eigenvalue weighted by molar-refractivity contribution is 5.45. The van der Waals surface area contributed by atoms with Gasteiger partial charge in [-0.25, -0.2) is 0 Å². The largest absolute Gasteiger partial charge is 0.487 e. The summed E-state index contributed by atoms with van der Waals surface area (Å²) in [4.78, 5) is 14.6. The molecule has 1 N–H and O–H groups in total. The Kier molecular flexibility index (Phi) is 4.71. The van der Waals surface area contributed by atoms with E-state index < -0.39 is 4.92 Å². The van der Waals surface area contributed by atoms with Crippen LogP contribution in [0, 0.1) is 17.0 Å². The van der Waals surface area contributed by atoms with E-state index in [1.165, 1.54) is 6.07 Å². The van der Waals surface area contributed by atoms with Crippen LogP contribution in [-0.2, 0) is 6.61 Å². The van der Waals surface area contributed by atoms with E-state index in [0.29, 0.717) is 17.9 Å². The quantitative estimate of drug-likeness (QED) is 0.651. The first-order valence-electron chi connectivity index (χ1n) is 6.66. The Balaban J connectivity index is 2.04. The van der Waals surface area contributed by atoms with Crippen LogP contribution in [0.4, 0.5) is 11.4 Å². The fourth-order valence-corrected chi connectivity index (χ4v) is 1.95. The van der Waals surface area contributed by atoms with Crippen molar-refractivity contribution in [3.8, 4) is 5.75 Å². The summed E-state index contributed by atoms with van der Waals surface area (Å²) < 4.78 is 5.63. The number of nitro benzene ring substituents is 1. The minimum atomic E-state index is -0.402. The van der Waals surface area contributed by atoms with Crippen LogP contribution >= 0.6 is 0 Å². The molecule has 0 saturated heterocycles. The Labute approximate surface area is 122 Å². The first-order chi connectivity index (χ1) is 10.1. The zero-order valence-electron chi connectivity index (χ0n) is 12.0. The van der Waals surface area contributed by atoms with Gasteiger partial charge in [-0.15, -0.1) is 0 Å². The van der Waals surface area contributed by atoms with E-state index in [4.69, 9.17) is 4.74 Å². The van der Waals surface area contributed by atoms with Gasteiger partial charge >= 0.3 is 0 Å². The molecule has 0 radical (unpaired) electrons. The molecule has 1 heterocycles.